The average molecular weight is 567 g/mol. The molecule has 1 N–H and O–H groups in total. The van der Waals surface area contributed by atoms with Crippen LogP contribution in [0.5, 0.6) is 11.5 Å². The molecule has 3 nitrogen and oxygen atoms in total. The molecular weight excluding hydrogens is 533 g/mol. The van der Waals surface area contributed by atoms with Crippen LogP contribution in [-0.2, 0) is 13.2 Å². The summed E-state index contributed by atoms with van der Waals surface area (Å²) in [5.41, 5.74) is 2.58. The van der Waals surface area contributed by atoms with Gasteiger partial charge in [0.05, 0.1) is 11.1 Å². The van der Waals surface area contributed by atoms with Crippen LogP contribution in [0.15, 0.2) is 34.8 Å². The van der Waals surface area contributed by atoms with Crippen LogP contribution in [0.1, 0.15) is 63.5 Å². The highest BCUT2D eigenvalue weighted by Gasteiger charge is 2.52. The Morgan fingerprint density at radius 2 is 1.71 bits per heavy atom. The van der Waals surface area contributed by atoms with E-state index in [0.29, 0.717) is 40.5 Å². The lowest BCUT2D eigenvalue weighted by atomic mass is 9.48. The molecule has 4 bridgehead atoms. The monoisotopic (exact) mass is 565 g/mol. The van der Waals surface area contributed by atoms with Gasteiger partial charge < -0.3 is 14.8 Å². The van der Waals surface area contributed by atoms with Crippen molar-refractivity contribution in [3.8, 4) is 11.5 Å². The van der Waals surface area contributed by atoms with E-state index in [9.17, 15) is 0 Å². The van der Waals surface area contributed by atoms with Crippen LogP contribution in [0.3, 0.4) is 0 Å². The molecule has 0 spiro atoms. The number of benzene rings is 2. The van der Waals surface area contributed by atoms with E-state index in [-0.39, 0.29) is 0 Å². The smallest absolute Gasteiger partial charge is 0.175 e. The topological polar surface area (TPSA) is 30.5 Å². The first-order valence-corrected chi connectivity index (χ1v) is 14.2. The average Bonchev–Trinajstić information content (AvgIpc) is 2.77. The maximum Gasteiger partial charge on any atom is 0.175 e. The lowest BCUT2D eigenvalue weighted by Gasteiger charge is -2.59. The third kappa shape index (κ3) is 5.12. The van der Waals surface area contributed by atoms with Crippen molar-refractivity contribution >= 4 is 39.1 Å². The maximum absolute atomic E-state index is 6.33. The summed E-state index contributed by atoms with van der Waals surface area (Å²) in [4.78, 5) is 0. The summed E-state index contributed by atoms with van der Waals surface area (Å²) in [6, 6.07) is 10.2. The molecule has 6 rings (SSSR count). The highest BCUT2D eigenvalue weighted by molar-refractivity contribution is 9.10. The number of nitrogens with one attached hydrogen (secondary N) is 1. The number of ether oxygens (including phenoxy) is 2. The molecule has 4 aliphatic carbocycles. The van der Waals surface area contributed by atoms with Gasteiger partial charge in [-0.2, -0.15) is 0 Å². The Kier molecular flexibility index (Phi) is 7.42. The second-order valence-electron chi connectivity index (χ2n) is 10.7. The molecule has 4 saturated carbocycles. The van der Waals surface area contributed by atoms with E-state index >= 15 is 0 Å². The van der Waals surface area contributed by atoms with E-state index in [2.05, 4.69) is 40.3 Å². The third-order valence-corrected chi connectivity index (χ3v) is 9.55. The second-order valence-corrected chi connectivity index (χ2v) is 12.4. The Bertz CT molecular complexity index is 1010. The van der Waals surface area contributed by atoms with Crippen molar-refractivity contribution in [1.82, 2.24) is 5.32 Å². The highest BCUT2D eigenvalue weighted by atomic mass is 79.9. The Morgan fingerprint density at radius 3 is 2.32 bits per heavy atom. The van der Waals surface area contributed by atoms with Gasteiger partial charge in [-0.05, 0) is 121 Å². The molecule has 4 aliphatic rings. The van der Waals surface area contributed by atoms with Gasteiger partial charge in [-0.3, -0.25) is 0 Å². The number of hydrogen-bond donors (Lipinski definition) is 1. The number of halogens is 3. The van der Waals surface area contributed by atoms with Crippen molar-refractivity contribution in [2.45, 2.75) is 71.6 Å². The van der Waals surface area contributed by atoms with Crippen LogP contribution in [0.25, 0.3) is 0 Å². The van der Waals surface area contributed by atoms with Crippen molar-refractivity contribution in [2.75, 3.05) is 6.61 Å². The van der Waals surface area contributed by atoms with Gasteiger partial charge >= 0.3 is 0 Å². The predicted octanol–water partition coefficient (Wildman–Crippen LogP) is 8.43. The first-order chi connectivity index (χ1) is 16.3. The van der Waals surface area contributed by atoms with E-state index < -0.39 is 0 Å². The summed E-state index contributed by atoms with van der Waals surface area (Å²) in [7, 11) is 0. The van der Waals surface area contributed by atoms with Gasteiger partial charge in [0, 0.05) is 28.2 Å². The molecule has 0 heterocycles. The number of rotatable bonds is 9. The molecule has 0 saturated heterocycles. The van der Waals surface area contributed by atoms with Crippen LogP contribution in [-0.4, -0.2) is 12.6 Å². The number of hydrogen-bond acceptors (Lipinski definition) is 3. The van der Waals surface area contributed by atoms with Gasteiger partial charge in [0.15, 0.2) is 11.5 Å². The molecule has 6 heteroatoms. The minimum Gasteiger partial charge on any atom is -0.490 e. The summed E-state index contributed by atoms with van der Waals surface area (Å²) >= 11 is 16.1. The fourth-order valence-corrected chi connectivity index (χ4v) is 8.18. The molecule has 2 aromatic rings. The summed E-state index contributed by atoms with van der Waals surface area (Å²) in [6.45, 7) is 6.15. The van der Waals surface area contributed by atoms with E-state index in [4.69, 9.17) is 32.7 Å². The molecule has 0 aromatic heterocycles. The van der Waals surface area contributed by atoms with Gasteiger partial charge in [-0.1, -0.05) is 29.3 Å². The zero-order chi connectivity index (χ0) is 23.9. The van der Waals surface area contributed by atoms with E-state index in [1.807, 2.05) is 19.1 Å². The minimum atomic E-state index is 0.343. The van der Waals surface area contributed by atoms with Crippen LogP contribution in [0, 0.1) is 23.2 Å². The van der Waals surface area contributed by atoms with Crippen LogP contribution < -0.4 is 14.8 Å². The van der Waals surface area contributed by atoms with Gasteiger partial charge in [-0.25, -0.2) is 0 Å². The Hall–Kier alpha value is -0.940. The first kappa shape index (κ1) is 24.7. The maximum atomic E-state index is 6.33. The lowest BCUT2D eigenvalue weighted by molar-refractivity contribution is -0.0706. The lowest BCUT2D eigenvalue weighted by Crippen LogP contribution is -2.54. The molecule has 0 aliphatic heterocycles. The van der Waals surface area contributed by atoms with Crippen molar-refractivity contribution in [3.63, 3.8) is 0 Å². The van der Waals surface area contributed by atoms with Crippen LogP contribution in [0.2, 0.25) is 10.0 Å². The van der Waals surface area contributed by atoms with Crippen LogP contribution in [0.4, 0.5) is 0 Å². The summed E-state index contributed by atoms with van der Waals surface area (Å²) in [5.74, 6) is 4.37. The van der Waals surface area contributed by atoms with Crippen molar-refractivity contribution in [3.05, 3.63) is 56.0 Å². The van der Waals surface area contributed by atoms with Gasteiger partial charge in [0.25, 0.3) is 0 Å². The standard InChI is InChI=1S/C28H34BrCl2NO2/c1-3-33-26-10-21(9-24(29)27(26)34-16-22-4-5-23(30)11-25(22)31)15-32-17(2)28-12-18-6-19(13-28)8-20(7-18)14-28/h4-5,9-11,17-20,32H,3,6-8,12-16H2,1-2H3/t17-,18?,19?,20?,28?/m0/s1. The van der Waals surface area contributed by atoms with Gasteiger partial charge in [0.1, 0.15) is 6.61 Å². The summed E-state index contributed by atoms with van der Waals surface area (Å²) < 4.78 is 13.0. The van der Waals surface area contributed by atoms with Crippen LogP contribution >= 0.6 is 39.1 Å². The summed E-state index contributed by atoms with van der Waals surface area (Å²) in [6.07, 6.45) is 8.71. The largest absolute Gasteiger partial charge is 0.490 e. The molecule has 1 atom stereocenters. The fourth-order valence-electron chi connectivity index (χ4n) is 7.11. The molecular formula is C28H34BrCl2NO2. The van der Waals surface area contributed by atoms with E-state index in [1.54, 1.807) is 6.07 Å². The zero-order valence-corrected chi connectivity index (χ0v) is 23.1. The molecule has 34 heavy (non-hydrogen) atoms. The Morgan fingerprint density at radius 1 is 1.03 bits per heavy atom. The molecule has 0 unspecified atom stereocenters. The van der Waals surface area contributed by atoms with Crippen molar-refractivity contribution in [2.24, 2.45) is 23.2 Å². The summed E-state index contributed by atoms with van der Waals surface area (Å²) in [5, 5.41) is 5.11. The molecule has 4 fully saturated rings. The molecule has 184 valence electrons. The zero-order valence-electron chi connectivity index (χ0n) is 20.0. The normalized spacial score (nSPS) is 28.2. The quantitative estimate of drug-likeness (QED) is 0.330. The third-order valence-electron chi connectivity index (χ3n) is 8.37. The molecule has 0 radical (unpaired) electrons. The SMILES string of the molecule is CCOc1cc(CN[C@@H](C)C23CC4CC(CC(C4)C2)C3)cc(Br)c1OCc1ccc(Cl)cc1Cl. The highest BCUT2D eigenvalue weighted by Crippen LogP contribution is 2.61. The minimum absolute atomic E-state index is 0.343. The van der Waals surface area contributed by atoms with Crippen molar-refractivity contribution < 1.29 is 9.47 Å². The Balaban J connectivity index is 1.27. The van der Waals surface area contributed by atoms with Gasteiger partial charge in [0.2, 0.25) is 0 Å². The Labute approximate surface area is 222 Å². The van der Waals surface area contributed by atoms with Gasteiger partial charge in [-0.15, -0.1) is 0 Å². The van der Waals surface area contributed by atoms with E-state index in [0.717, 1.165) is 40.1 Å². The second kappa shape index (κ2) is 10.2. The predicted molar refractivity (Wildman–Crippen MR) is 143 cm³/mol. The fraction of sp³-hybridized carbons (Fsp3) is 0.571. The van der Waals surface area contributed by atoms with E-state index in [1.165, 1.54) is 44.1 Å². The first-order valence-electron chi connectivity index (χ1n) is 12.6. The van der Waals surface area contributed by atoms with Crippen molar-refractivity contribution in [1.29, 1.82) is 0 Å². The molecule has 2 aromatic carbocycles. The molecule has 0 amide bonds.